The molecule has 0 amide bonds. The average molecular weight is 905 g/mol. The lowest BCUT2D eigenvalue weighted by Crippen LogP contribution is -2.11. The second kappa shape index (κ2) is 16.7. The van der Waals surface area contributed by atoms with Crippen LogP contribution in [0.25, 0.3) is 115 Å². The van der Waals surface area contributed by atoms with E-state index in [1.54, 1.807) is 0 Å². The van der Waals surface area contributed by atoms with Crippen molar-refractivity contribution in [3.8, 4) is 50.2 Å². The summed E-state index contributed by atoms with van der Waals surface area (Å²) >= 11 is 0. The summed E-state index contributed by atoms with van der Waals surface area (Å²) in [5.74, 6) is 0. The predicted molar refractivity (Wildman–Crippen MR) is 299 cm³/mol. The molecule has 0 aliphatic heterocycles. The van der Waals surface area contributed by atoms with Crippen LogP contribution in [0.3, 0.4) is 0 Å². The Bertz CT molecular complexity index is 4270. The van der Waals surface area contributed by atoms with E-state index < -0.39 is 0 Å². The fraction of sp³-hybridized carbons (Fsp3) is 0. The highest BCUT2D eigenvalue weighted by atomic mass is 16.3. The monoisotopic (exact) mass is 904 g/mol. The summed E-state index contributed by atoms with van der Waals surface area (Å²) in [6.45, 7) is 0. The third-order valence-corrected chi connectivity index (χ3v) is 14.4. The van der Waals surface area contributed by atoms with E-state index in [-0.39, 0.29) is 0 Å². The van der Waals surface area contributed by atoms with Gasteiger partial charge in [-0.25, -0.2) is 0 Å². The van der Waals surface area contributed by atoms with Crippen LogP contribution in [0.2, 0.25) is 0 Å². The molecule has 0 fully saturated rings. The van der Waals surface area contributed by atoms with Gasteiger partial charge in [-0.15, -0.1) is 0 Å². The van der Waals surface area contributed by atoms with Gasteiger partial charge in [0.05, 0.1) is 16.7 Å². The molecule has 3 heteroatoms. The largest absolute Gasteiger partial charge is 0.456 e. The van der Waals surface area contributed by atoms with E-state index in [1.807, 2.05) is 0 Å². The Labute approximate surface area is 411 Å². The fourth-order valence-electron chi connectivity index (χ4n) is 10.9. The van der Waals surface area contributed by atoms with Crippen molar-refractivity contribution in [1.29, 1.82) is 0 Å². The van der Waals surface area contributed by atoms with Crippen molar-refractivity contribution in [2.75, 3.05) is 4.90 Å². The van der Waals surface area contributed by atoms with Gasteiger partial charge < -0.3 is 13.9 Å². The molecule has 0 saturated heterocycles. The first-order valence-electron chi connectivity index (χ1n) is 24.3. The number of furan rings is 1. The molecule has 0 aliphatic rings. The molecule has 0 N–H and O–H groups in total. The van der Waals surface area contributed by atoms with Crippen LogP contribution < -0.4 is 4.90 Å². The molecule has 12 aromatic carbocycles. The van der Waals surface area contributed by atoms with Gasteiger partial charge in [-0.05, 0) is 139 Å². The van der Waals surface area contributed by atoms with Gasteiger partial charge in [0.25, 0.3) is 0 Å². The van der Waals surface area contributed by atoms with Gasteiger partial charge in [0, 0.05) is 44.2 Å². The fourth-order valence-corrected chi connectivity index (χ4v) is 10.9. The molecule has 3 nitrogen and oxygen atoms in total. The molecule has 0 unspecified atom stereocenters. The molecule has 0 radical (unpaired) electrons. The normalized spacial score (nSPS) is 11.7. The van der Waals surface area contributed by atoms with Crippen molar-refractivity contribution in [3.05, 3.63) is 267 Å². The van der Waals surface area contributed by atoms with Crippen molar-refractivity contribution in [1.82, 2.24) is 4.57 Å². The van der Waals surface area contributed by atoms with Crippen LogP contribution in [-0.2, 0) is 0 Å². The van der Waals surface area contributed by atoms with Crippen LogP contribution in [0.15, 0.2) is 271 Å². The zero-order valence-electron chi connectivity index (χ0n) is 38.7. The molecule has 14 aromatic rings. The molecular weight excluding hydrogens is 861 g/mol. The second-order valence-electron chi connectivity index (χ2n) is 18.5. The quantitative estimate of drug-likeness (QED) is 0.151. The third kappa shape index (κ3) is 6.97. The number of hydrogen-bond donors (Lipinski definition) is 0. The van der Waals surface area contributed by atoms with E-state index in [9.17, 15) is 0 Å². The van der Waals surface area contributed by atoms with Gasteiger partial charge in [-0.3, -0.25) is 0 Å². The first-order chi connectivity index (χ1) is 35.2. The van der Waals surface area contributed by atoms with Gasteiger partial charge in [0.1, 0.15) is 11.2 Å². The molecule has 0 atom stereocenters. The first kappa shape index (κ1) is 40.6. The summed E-state index contributed by atoms with van der Waals surface area (Å²) in [5, 5.41) is 9.62. The number of aromatic nitrogens is 1. The molecule has 0 spiro atoms. The van der Waals surface area contributed by atoms with Crippen LogP contribution >= 0.6 is 0 Å². The van der Waals surface area contributed by atoms with Crippen molar-refractivity contribution >= 4 is 82.4 Å². The number of fused-ring (bicyclic) bond motifs is 8. The van der Waals surface area contributed by atoms with E-state index in [4.69, 9.17) is 4.42 Å². The van der Waals surface area contributed by atoms with Crippen LogP contribution in [0.5, 0.6) is 0 Å². The maximum Gasteiger partial charge on any atom is 0.136 e. The highest BCUT2D eigenvalue weighted by Crippen LogP contribution is 2.44. The Balaban J connectivity index is 0.862. The van der Waals surface area contributed by atoms with E-state index in [2.05, 4.69) is 276 Å². The summed E-state index contributed by atoms with van der Waals surface area (Å²) in [6, 6.07) is 96.8. The lowest BCUT2D eigenvalue weighted by molar-refractivity contribution is 0.669. The summed E-state index contributed by atoms with van der Waals surface area (Å²) < 4.78 is 8.85. The van der Waals surface area contributed by atoms with Crippen molar-refractivity contribution in [3.63, 3.8) is 0 Å². The number of anilines is 3. The van der Waals surface area contributed by atoms with Crippen LogP contribution in [-0.4, -0.2) is 4.57 Å². The van der Waals surface area contributed by atoms with Gasteiger partial charge in [-0.2, -0.15) is 0 Å². The number of nitrogens with zero attached hydrogens (tertiary/aromatic N) is 2. The van der Waals surface area contributed by atoms with Crippen molar-refractivity contribution in [2.45, 2.75) is 0 Å². The third-order valence-electron chi connectivity index (χ3n) is 14.4. The molecule has 2 aromatic heterocycles. The minimum absolute atomic E-state index is 0.881. The Kier molecular flexibility index (Phi) is 9.53. The molecule has 0 aliphatic carbocycles. The van der Waals surface area contributed by atoms with Gasteiger partial charge in [0.2, 0.25) is 0 Å². The average Bonchev–Trinajstić information content (AvgIpc) is 3.97. The predicted octanol–water partition coefficient (Wildman–Crippen LogP) is 19.1. The minimum atomic E-state index is 0.881. The summed E-state index contributed by atoms with van der Waals surface area (Å²) in [7, 11) is 0. The number of para-hydroxylation sites is 3. The lowest BCUT2D eigenvalue weighted by Gasteiger charge is -2.28. The molecule has 0 saturated carbocycles. The van der Waals surface area contributed by atoms with Crippen LogP contribution in [0, 0.1) is 0 Å². The Morgan fingerprint density at radius 1 is 0.282 bits per heavy atom. The number of benzene rings is 12. The van der Waals surface area contributed by atoms with Crippen molar-refractivity contribution < 1.29 is 4.42 Å². The summed E-state index contributed by atoms with van der Waals surface area (Å²) in [6.07, 6.45) is 0. The van der Waals surface area contributed by atoms with Gasteiger partial charge in [-0.1, -0.05) is 188 Å². The summed E-state index contributed by atoms with van der Waals surface area (Å²) in [5.41, 5.74) is 17.9. The zero-order valence-corrected chi connectivity index (χ0v) is 38.7. The molecule has 2 heterocycles. The Morgan fingerprint density at radius 3 is 1.51 bits per heavy atom. The topological polar surface area (TPSA) is 21.3 Å². The SMILES string of the molecule is c1cc(-c2ccc(N(c3ccc(-c4ccc(-c5cccc6ccccc56)cc4)cc3)c3ccccc3-c3ccc4oc5cc6ccccc6cc5c4c3)cc2)cc(-n2c3ccccc3c3ccccc32)c1. The number of hydrogen-bond acceptors (Lipinski definition) is 2. The van der Waals surface area contributed by atoms with Gasteiger partial charge >= 0.3 is 0 Å². The summed E-state index contributed by atoms with van der Waals surface area (Å²) in [4.78, 5) is 2.40. The maximum absolute atomic E-state index is 6.46. The van der Waals surface area contributed by atoms with E-state index in [1.165, 1.54) is 60.0 Å². The Morgan fingerprint density at radius 2 is 0.789 bits per heavy atom. The molecule has 71 heavy (non-hydrogen) atoms. The van der Waals surface area contributed by atoms with E-state index in [0.717, 1.165) is 72.5 Å². The van der Waals surface area contributed by atoms with Crippen LogP contribution in [0.1, 0.15) is 0 Å². The Hall–Kier alpha value is -9.44. The maximum atomic E-state index is 6.46. The van der Waals surface area contributed by atoms with Crippen LogP contribution in [0.4, 0.5) is 17.1 Å². The van der Waals surface area contributed by atoms with E-state index in [0.29, 0.717) is 0 Å². The molecule has 14 rings (SSSR count). The minimum Gasteiger partial charge on any atom is -0.456 e. The second-order valence-corrected chi connectivity index (χ2v) is 18.5. The van der Waals surface area contributed by atoms with Gasteiger partial charge in [0.15, 0.2) is 0 Å². The first-order valence-corrected chi connectivity index (χ1v) is 24.3. The van der Waals surface area contributed by atoms with E-state index >= 15 is 0 Å². The highest BCUT2D eigenvalue weighted by molar-refractivity contribution is 6.12. The lowest BCUT2D eigenvalue weighted by atomic mass is 9.96. The molecule has 0 bridgehead atoms. The number of rotatable bonds is 8. The molecular formula is C68H44N2O. The highest BCUT2D eigenvalue weighted by Gasteiger charge is 2.20. The smallest absolute Gasteiger partial charge is 0.136 e. The standard InChI is InChI=1S/C68H44N2O/c1-2-15-52-44-68-63(42-51(52)14-1)62-43-53(35-40-67(62)71-68)59-20-5-8-24-64(59)69(54-36-31-46(32-37-54)45-27-29-49(30-28-45)58-23-12-16-48-13-3-4-19-57(48)58)55-38-33-47(34-39-55)50-17-11-18-56(41-50)70-65-25-9-6-21-60(65)61-22-7-10-26-66(61)70/h1-44H. The molecule has 332 valence electrons. The zero-order chi connectivity index (χ0) is 46.8. The van der Waals surface area contributed by atoms with Crippen molar-refractivity contribution in [2.24, 2.45) is 0 Å².